The Bertz CT molecular complexity index is 354. The molecule has 1 rings (SSSR count). The van der Waals surface area contributed by atoms with Crippen molar-refractivity contribution >= 4 is 5.97 Å². The zero-order chi connectivity index (χ0) is 12.8. The predicted octanol–water partition coefficient (Wildman–Crippen LogP) is 1.31. The lowest BCUT2D eigenvalue weighted by Crippen LogP contribution is -2.21. The Morgan fingerprint density at radius 2 is 1.94 bits per heavy atom. The highest BCUT2D eigenvalue weighted by atomic mass is 19.4. The standard InChI is InChI=1S/C6H7FN2.C2HF3O2/c7-6-1-5(2-8)3-9-4-6;3-2(4,5)1(6)7/h1,3-4H,2,8H2;(H,6,7). The summed E-state index contributed by atoms with van der Waals surface area (Å²) in [6.45, 7) is 0.338. The second-order valence-corrected chi connectivity index (χ2v) is 2.52. The number of carboxylic acids is 1. The molecule has 0 spiro atoms. The van der Waals surface area contributed by atoms with Crippen LogP contribution in [0.4, 0.5) is 17.6 Å². The van der Waals surface area contributed by atoms with Gasteiger partial charge in [-0.15, -0.1) is 0 Å². The Morgan fingerprint density at radius 3 is 2.19 bits per heavy atom. The normalized spacial score (nSPS) is 10.3. The lowest BCUT2D eigenvalue weighted by atomic mass is 10.3. The highest BCUT2D eigenvalue weighted by Gasteiger charge is 2.38. The number of hydrogen-bond acceptors (Lipinski definition) is 3. The van der Waals surface area contributed by atoms with Gasteiger partial charge in [-0.2, -0.15) is 13.2 Å². The molecule has 0 aromatic carbocycles. The van der Waals surface area contributed by atoms with Crippen LogP contribution in [-0.2, 0) is 11.3 Å². The first kappa shape index (κ1) is 14.3. The molecule has 0 unspecified atom stereocenters. The third kappa shape index (κ3) is 5.91. The number of carbonyl (C=O) groups is 1. The van der Waals surface area contributed by atoms with Gasteiger partial charge in [-0.1, -0.05) is 0 Å². The zero-order valence-corrected chi connectivity index (χ0v) is 7.83. The van der Waals surface area contributed by atoms with Crippen LogP contribution in [0, 0.1) is 5.82 Å². The molecular formula is C8H8F4N2O2. The summed E-state index contributed by atoms with van der Waals surface area (Å²) < 4.78 is 44.0. The van der Waals surface area contributed by atoms with Crippen molar-refractivity contribution in [1.82, 2.24) is 4.98 Å². The van der Waals surface area contributed by atoms with Crippen LogP contribution in [0.3, 0.4) is 0 Å². The summed E-state index contributed by atoms with van der Waals surface area (Å²) in [6.07, 6.45) is -2.39. The monoisotopic (exact) mass is 240 g/mol. The van der Waals surface area contributed by atoms with E-state index in [0.29, 0.717) is 6.54 Å². The number of aromatic nitrogens is 1. The summed E-state index contributed by atoms with van der Waals surface area (Å²) in [5, 5.41) is 7.12. The van der Waals surface area contributed by atoms with Crippen molar-refractivity contribution in [3.8, 4) is 0 Å². The number of carboxylic acid groups (broad SMARTS) is 1. The Hall–Kier alpha value is -1.70. The van der Waals surface area contributed by atoms with Gasteiger partial charge < -0.3 is 10.8 Å². The molecular weight excluding hydrogens is 232 g/mol. The number of hydrogen-bond donors (Lipinski definition) is 2. The molecule has 0 radical (unpaired) electrons. The molecule has 0 aliphatic rings. The van der Waals surface area contributed by atoms with Crippen LogP contribution < -0.4 is 5.73 Å². The van der Waals surface area contributed by atoms with Gasteiger partial charge in [-0.25, -0.2) is 9.18 Å². The first-order chi connectivity index (χ1) is 7.27. The first-order valence-corrected chi connectivity index (χ1v) is 3.87. The third-order valence-corrected chi connectivity index (χ3v) is 1.24. The zero-order valence-electron chi connectivity index (χ0n) is 7.83. The molecule has 90 valence electrons. The maximum absolute atomic E-state index is 12.2. The highest BCUT2D eigenvalue weighted by molar-refractivity contribution is 5.73. The summed E-state index contributed by atoms with van der Waals surface area (Å²) in [7, 11) is 0. The number of nitrogens with two attached hydrogens (primary N) is 1. The van der Waals surface area contributed by atoms with E-state index < -0.39 is 12.1 Å². The van der Waals surface area contributed by atoms with Gasteiger partial charge in [0.15, 0.2) is 0 Å². The first-order valence-electron chi connectivity index (χ1n) is 3.87. The molecule has 0 saturated carbocycles. The third-order valence-electron chi connectivity index (χ3n) is 1.24. The van der Waals surface area contributed by atoms with Crippen LogP contribution in [0.2, 0.25) is 0 Å². The van der Waals surface area contributed by atoms with Crippen molar-refractivity contribution in [1.29, 1.82) is 0 Å². The van der Waals surface area contributed by atoms with E-state index in [9.17, 15) is 17.6 Å². The van der Waals surface area contributed by atoms with Gasteiger partial charge in [-0.3, -0.25) is 4.98 Å². The van der Waals surface area contributed by atoms with E-state index in [1.165, 1.54) is 6.07 Å². The molecule has 0 fully saturated rings. The van der Waals surface area contributed by atoms with E-state index in [2.05, 4.69) is 4.98 Å². The minimum atomic E-state index is -5.08. The summed E-state index contributed by atoms with van der Waals surface area (Å²) in [6, 6.07) is 1.37. The van der Waals surface area contributed by atoms with Crippen LogP contribution >= 0.6 is 0 Å². The smallest absolute Gasteiger partial charge is 0.475 e. The van der Waals surface area contributed by atoms with Crippen LogP contribution in [0.1, 0.15) is 5.56 Å². The van der Waals surface area contributed by atoms with E-state index in [1.54, 1.807) is 6.20 Å². The van der Waals surface area contributed by atoms with Gasteiger partial charge in [0.2, 0.25) is 0 Å². The minimum absolute atomic E-state index is 0.335. The summed E-state index contributed by atoms with van der Waals surface area (Å²) in [5.41, 5.74) is 5.93. The Morgan fingerprint density at radius 1 is 1.44 bits per heavy atom. The molecule has 1 heterocycles. The molecule has 0 aliphatic carbocycles. The van der Waals surface area contributed by atoms with Gasteiger partial charge in [0.1, 0.15) is 5.82 Å². The Balaban J connectivity index is 0.000000293. The number of aliphatic carboxylic acids is 1. The van der Waals surface area contributed by atoms with Crippen molar-refractivity contribution in [2.24, 2.45) is 5.73 Å². The molecule has 1 aromatic heterocycles. The molecule has 1 aromatic rings. The number of nitrogens with zero attached hydrogens (tertiary/aromatic N) is 1. The van der Waals surface area contributed by atoms with Crippen LogP contribution in [0.25, 0.3) is 0 Å². The summed E-state index contributed by atoms with van der Waals surface area (Å²) in [4.78, 5) is 12.5. The molecule has 0 aliphatic heterocycles. The number of rotatable bonds is 1. The molecule has 3 N–H and O–H groups in total. The second-order valence-electron chi connectivity index (χ2n) is 2.52. The topological polar surface area (TPSA) is 76.2 Å². The van der Waals surface area contributed by atoms with E-state index in [-0.39, 0.29) is 5.82 Å². The largest absolute Gasteiger partial charge is 0.490 e. The van der Waals surface area contributed by atoms with Gasteiger partial charge in [0, 0.05) is 12.7 Å². The highest BCUT2D eigenvalue weighted by Crippen LogP contribution is 2.13. The Labute approximate surface area is 87.7 Å². The average Bonchev–Trinajstić information content (AvgIpc) is 2.17. The number of pyridine rings is 1. The van der Waals surface area contributed by atoms with E-state index in [1.807, 2.05) is 0 Å². The fraction of sp³-hybridized carbons (Fsp3) is 0.250. The van der Waals surface area contributed by atoms with Crippen LogP contribution in [0.15, 0.2) is 18.5 Å². The van der Waals surface area contributed by atoms with Gasteiger partial charge in [0.25, 0.3) is 0 Å². The molecule has 8 heteroatoms. The van der Waals surface area contributed by atoms with E-state index in [4.69, 9.17) is 15.6 Å². The SMILES string of the molecule is NCc1cncc(F)c1.O=C(O)C(F)(F)F. The van der Waals surface area contributed by atoms with E-state index in [0.717, 1.165) is 11.8 Å². The fourth-order valence-corrected chi connectivity index (χ4v) is 0.567. The predicted molar refractivity (Wildman–Crippen MR) is 45.8 cm³/mol. The quantitative estimate of drug-likeness (QED) is 0.725. The molecule has 0 amide bonds. The number of alkyl halides is 3. The lowest BCUT2D eigenvalue weighted by Gasteiger charge is -1.93. The minimum Gasteiger partial charge on any atom is -0.475 e. The van der Waals surface area contributed by atoms with Crippen molar-refractivity contribution in [3.05, 3.63) is 29.8 Å². The molecule has 0 bridgehead atoms. The average molecular weight is 240 g/mol. The van der Waals surface area contributed by atoms with Crippen molar-refractivity contribution in [2.45, 2.75) is 12.7 Å². The van der Waals surface area contributed by atoms with Gasteiger partial charge in [0.05, 0.1) is 6.20 Å². The van der Waals surface area contributed by atoms with Crippen LogP contribution in [0.5, 0.6) is 0 Å². The molecule has 4 nitrogen and oxygen atoms in total. The van der Waals surface area contributed by atoms with E-state index >= 15 is 0 Å². The maximum atomic E-state index is 12.2. The maximum Gasteiger partial charge on any atom is 0.490 e. The van der Waals surface area contributed by atoms with Crippen LogP contribution in [-0.4, -0.2) is 22.2 Å². The molecule has 0 atom stereocenters. The number of halogens is 4. The lowest BCUT2D eigenvalue weighted by molar-refractivity contribution is -0.192. The van der Waals surface area contributed by atoms with Gasteiger partial charge in [-0.05, 0) is 11.6 Å². The van der Waals surface area contributed by atoms with Crippen molar-refractivity contribution in [2.75, 3.05) is 0 Å². The second kappa shape index (κ2) is 6.01. The molecule has 0 saturated heterocycles. The molecule has 16 heavy (non-hydrogen) atoms. The summed E-state index contributed by atoms with van der Waals surface area (Å²) in [5.74, 6) is -3.09. The van der Waals surface area contributed by atoms with Crippen molar-refractivity contribution in [3.63, 3.8) is 0 Å². The Kier molecular flexibility index (Phi) is 5.37. The summed E-state index contributed by atoms with van der Waals surface area (Å²) >= 11 is 0. The van der Waals surface area contributed by atoms with Crippen molar-refractivity contribution < 1.29 is 27.5 Å². The van der Waals surface area contributed by atoms with Gasteiger partial charge >= 0.3 is 12.1 Å². The fourth-order valence-electron chi connectivity index (χ4n) is 0.567.